The third-order valence-electron chi connectivity index (χ3n) is 11.2. The first kappa shape index (κ1) is 32.8. The molecule has 2 aromatic heterocycles. The van der Waals surface area contributed by atoms with E-state index in [0.29, 0.717) is 0 Å². The van der Waals surface area contributed by atoms with Crippen LogP contribution in [0.5, 0.6) is 0 Å². The Balaban J connectivity index is 0.941. The minimum absolute atomic E-state index is 0.906. The molecule has 268 valence electrons. The average molecular weight is 729 g/mol. The van der Waals surface area contributed by atoms with Gasteiger partial charge in [-0.15, -0.1) is 0 Å². The predicted molar refractivity (Wildman–Crippen MR) is 239 cm³/mol. The molecule has 57 heavy (non-hydrogen) atoms. The molecule has 11 aromatic rings. The van der Waals surface area contributed by atoms with E-state index in [1.165, 1.54) is 44.2 Å². The van der Waals surface area contributed by atoms with Gasteiger partial charge in [-0.2, -0.15) is 0 Å². The average Bonchev–Trinajstić information content (AvgIpc) is 3.82. The van der Waals surface area contributed by atoms with Gasteiger partial charge in [0, 0.05) is 33.5 Å². The summed E-state index contributed by atoms with van der Waals surface area (Å²) in [7, 11) is 0. The van der Waals surface area contributed by atoms with Gasteiger partial charge in [0.1, 0.15) is 11.1 Å². The molecule has 0 bridgehead atoms. The molecule has 0 amide bonds. The van der Waals surface area contributed by atoms with Crippen LogP contribution in [0.2, 0.25) is 0 Å². The van der Waals surface area contributed by atoms with Crippen LogP contribution in [0.15, 0.2) is 223 Å². The Morgan fingerprint density at radius 2 is 0.807 bits per heavy atom. The third kappa shape index (κ3) is 5.76. The maximum absolute atomic E-state index is 6.41. The number of hydrogen-bond acceptors (Lipinski definition) is 2. The highest BCUT2D eigenvalue weighted by Crippen LogP contribution is 2.41. The summed E-state index contributed by atoms with van der Waals surface area (Å²) in [5.74, 6) is 0. The van der Waals surface area contributed by atoms with Crippen LogP contribution in [0.1, 0.15) is 0 Å². The van der Waals surface area contributed by atoms with Crippen LogP contribution in [0.4, 0.5) is 17.1 Å². The molecule has 9 aromatic carbocycles. The predicted octanol–water partition coefficient (Wildman–Crippen LogP) is 15.2. The van der Waals surface area contributed by atoms with Crippen molar-refractivity contribution in [3.05, 3.63) is 218 Å². The largest absolute Gasteiger partial charge is 0.454 e. The first-order chi connectivity index (χ1) is 28.2. The Labute approximate surface area is 330 Å². The summed E-state index contributed by atoms with van der Waals surface area (Å²) in [6.07, 6.45) is 0. The van der Waals surface area contributed by atoms with Gasteiger partial charge in [0.25, 0.3) is 0 Å². The van der Waals surface area contributed by atoms with Crippen LogP contribution in [-0.4, -0.2) is 4.57 Å². The van der Waals surface area contributed by atoms with Crippen LogP contribution in [0.3, 0.4) is 0 Å². The molecular weight excluding hydrogens is 693 g/mol. The molecule has 0 aliphatic rings. The fraction of sp³-hybridized carbons (Fsp3) is 0. The van der Waals surface area contributed by atoms with E-state index in [9.17, 15) is 0 Å². The van der Waals surface area contributed by atoms with Gasteiger partial charge >= 0.3 is 0 Å². The van der Waals surface area contributed by atoms with Gasteiger partial charge in [0.15, 0.2) is 5.58 Å². The van der Waals surface area contributed by atoms with Gasteiger partial charge in [-0.3, -0.25) is 0 Å². The van der Waals surface area contributed by atoms with Crippen molar-refractivity contribution in [2.45, 2.75) is 0 Å². The second-order valence-electron chi connectivity index (χ2n) is 14.6. The van der Waals surface area contributed by atoms with E-state index in [-0.39, 0.29) is 0 Å². The zero-order valence-corrected chi connectivity index (χ0v) is 31.1. The van der Waals surface area contributed by atoms with E-state index in [1.807, 2.05) is 12.1 Å². The second-order valence-corrected chi connectivity index (χ2v) is 14.6. The zero-order chi connectivity index (χ0) is 37.7. The van der Waals surface area contributed by atoms with Gasteiger partial charge in [0.05, 0.1) is 5.52 Å². The van der Waals surface area contributed by atoms with Crippen LogP contribution in [-0.2, 0) is 0 Å². The molecule has 0 N–H and O–H groups in total. The smallest absolute Gasteiger partial charge is 0.161 e. The monoisotopic (exact) mass is 728 g/mol. The molecule has 0 aliphatic heterocycles. The van der Waals surface area contributed by atoms with E-state index in [2.05, 4.69) is 216 Å². The number of hydrogen-bond donors (Lipinski definition) is 0. The van der Waals surface area contributed by atoms with Crippen molar-refractivity contribution in [2.24, 2.45) is 0 Å². The van der Waals surface area contributed by atoms with Crippen molar-refractivity contribution in [3.63, 3.8) is 0 Å². The fourth-order valence-electron chi connectivity index (χ4n) is 8.35. The number of nitrogens with zero attached hydrogens (tertiary/aromatic N) is 2. The highest BCUT2D eigenvalue weighted by molar-refractivity contribution is 6.16. The number of para-hydroxylation sites is 2. The molecular formula is C54H36N2O. The number of fused-ring (bicyclic) bond motifs is 6. The fourth-order valence-corrected chi connectivity index (χ4v) is 8.35. The topological polar surface area (TPSA) is 21.3 Å². The van der Waals surface area contributed by atoms with Crippen molar-refractivity contribution in [3.8, 4) is 39.1 Å². The van der Waals surface area contributed by atoms with Crippen molar-refractivity contribution >= 4 is 60.8 Å². The molecule has 3 nitrogen and oxygen atoms in total. The summed E-state index contributed by atoms with van der Waals surface area (Å²) in [5.41, 5.74) is 15.7. The van der Waals surface area contributed by atoms with Gasteiger partial charge in [-0.05, 0) is 123 Å². The SMILES string of the molecule is c1ccc(-c2ccc(N(c3ccc(-c4ccccc4)cc3)c3ccc(-c4ccc5cc(-n6c7ccccc7c7oc8ccccc8c76)ccc5c4)cc3)cc2)cc1. The minimum atomic E-state index is 0.906. The lowest BCUT2D eigenvalue weighted by molar-refractivity contribution is 0.673. The molecule has 0 saturated heterocycles. The molecule has 0 fully saturated rings. The number of rotatable bonds is 7. The molecule has 0 radical (unpaired) electrons. The highest BCUT2D eigenvalue weighted by Gasteiger charge is 2.19. The Morgan fingerprint density at radius 3 is 1.42 bits per heavy atom. The van der Waals surface area contributed by atoms with Crippen LogP contribution >= 0.6 is 0 Å². The van der Waals surface area contributed by atoms with Crippen LogP contribution in [0.25, 0.3) is 82.8 Å². The van der Waals surface area contributed by atoms with E-state index < -0.39 is 0 Å². The lowest BCUT2D eigenvalue weighted by Crippen LogP contribution is -2.09. The Hall–Kier alpha value is -7.62. The summed E-state index contributed by atoms with van der Waals surface area (Å²) in [5, 5.41) is 4.63. The quantitative estimate of drug-likeness (QED) is 0.163. The van der Waals surface area contributed by atoms with E-state index in [1.54, 1.807) is 0 Å². The Morgan fingerprint density at radius 1 is 0.351 bits per heavy atom. The number of furan rings is 1. The molecule has 0 spiro atoms. The summed E-state index contributed by atoms with van der Waals surface area (Å²) >= 11 is 0. The maximum Gasteiger partial charge on any atom is 0.161 e. The summed E-state index contributed by atoms with van der Waals surface area (Å²) in [6, 6.07) is 78.1. The third-order valence-corrected chi connectivity index (χ3v) is 11.2. The van der Waals surface area contributed by atoms with Crippen molar-refractivity contribution in [2.75, 3.05) is 4.90 Å². The molecule has 0 atom stereocenters. The lowest BCUT2D eigenvalue weighted by atomic mass is 10.00. The van der Waals surface area contributed by atoms with Crippen molar-refractivity contribution < 1.29 is 4.42 Å². The van der Waals surface area contributed by atoms with Crippen LogP contribution < -0.4 is 4.90 Å². The Kier molecular flexibility index (Phi) is 7.82. The lowest BCUT2D eigenvalue weighted by Gasteiger charge is -2.26. The standard InChI is InChI=1S/C54H36N2O/c1-3-11-37(12-4-1)39-21-28-45(29-22-39)55(46-30-23-40(24-31-46)38-13-5-2-6-14-38)47-32-25-41(26-33-47)42-19-20-44-36-48(34-27-43(44)35-42)56-51-17-9-7-15-49(51)54-53(56)50-16-8-10-18-52(50)57-54/h1-36H. The number of anilines is 3. The first-order valence-electron chi connectivity index (χ1n) is 19.4. The number of benzene rings is 9. The van der Waals surface area contributed by atoms with Gasteiger partial charge in [-0.25, -0.2) is 0 Å². The van der Waals surface area contributed by atoms with E-state index in [0.717, 1.165) is 55.7 Å². The first-order valence-corrected chi connectivity index (χ1v) is 19.4. The second kappa shape index (κ2) is 13.6. The van der Waals surface area contributed by atoms with Gasteiger partial charge in [0.2, 0.25) is 0 Å². The Bertz CT molecular complexity index is 3110. The van der Waals surface area contributed by atoms with E-state index in [4.69, 9.17) is 4.42 Å². The van der Waals surface area contributed by atoms with Crippen molar-refractivity contribution in [1.82, 2.24) is 4.57 Å². The highest BCUT2D eigenvalue weighted by atomic mass is 16.3. The zero-order valence-electron chi connectivity index (χ0n) is 31.1. The van der Waals surface area contributed by atoms with Crippen molar-refractivity contribution in [1.29, 1.82) is 0 Å². The summed E-state index contributed by atoms with van der Waals surface area (Å²) in [4.78, 5) is 2.33. The van der Waals surface area contributed by atoms with Gasteiger partial charge < -0.3 is 13.9 Å². The van der Waals surface area contributed by atoms with Crippen LogP contribution in [0, 0.1) is 0 Å². The molecule has 0 aliphatic carbocycles. The summed E-state index contributed by atoms with van der Waals surface area (Å²) < 4.78 is 8.76. The van der Waals surface area contributed by atoms with Gasteiger partial charge in [-0.1, -0.05) is 140 Å². The normalized spacial score (nSPS) is 11.5. The molecule has 3 heteroatoms. The molecule has 11 rings (SSSR count). The summed E-state index contributed by atoms with van der Waals surface area (Å²) in [6.45, 7) is 0. The maximum atomic E-state index is 6.41. The van der Waals surface area contributed by atoms with E-state index >= 15 is 0 Å². The molecule has 0 saturated carbocycles. The molecule has 2 heterocycles. The molecule has 0 unspecified atom stereocenters. The minimum Gasteiger partial charge on any atom is -0.454 e. The number of aromatic nitrogens is 1.